The molecule has 0 heterocycles. The Bertz CT molecular complexity index is 360. The monoisotopic (exact) mass is 584 g/mol. The van der Waals surface area contributed by atoms with Crippen LogP contribution in [0.3, 0.4) is 0 Å². The summed E-state index contributed by atoms with van der Waals surface area (Å²) in [6.45, 7) is 32.4. The summed E-state index contributed by atoms with van der Waals surface area (Å²) in [4.78, 5) is 19.9. The zero-order valence-electron chi connectivity index (χ0n) is 22.2. The van der Waals surface area contributed by atoms with E-state index in [2.05, 4.69) is 92.4 Å². The van der Waals surface area contributed by atoms with E-state index in [0.717, 1.165) is 0 Å². The van der Waals surface area contributed by atoms with Crippen molar-refractivity contribution in [2.45, 2.75) is 142 Å². The first-order valence-corrected chi connectivity index (χ1v) is 28.7. The molecule has 0 amide bonds. The Morgan fingerprint density at radius 1 is 0.394 bits per heavy atom. The Morgan fingerprint density at radius 3 is 0.545 bits per heavy atom. The van der Waals surface area contributed by atoms with Crippen LogP contribution < -0.4 is 0 Å². The van der Waals surface area contributed by atoms with E-state index in [0.29, 0.717) is 0 Å². The van der Waals surface area contributed by atoms with Gasteiger partial charge >= 0.3 is 17.6 Å². The lowest BCUT2D eigenvalue weighted by Gasteiger charge is -2.33. The fourth-order valence-corrected chi connectivity index (χ4v) is 21.6. The Kier molecular flexibility index (Phi) is 29.6. The predicted octanol–water partition coefficient (Wildman–Crippen LogP) is 8.46. The van der Waals surface area contributed by atoms with Gasteiger partial charge in [0.25, 0.3) is 0 Å². The first kappa shape index (κ1) is 50.8. The fraction of sp³-hybridized carbons (Fsp3) is 1.00. The number of hydrogen-bond acceptors (Lipinski definition) is 6. The molecule has 2 N–H and O–H groups in total. The van der Waals surface area contributed by atoms with Crippen molar-refractivity contribution in [1.82, 2.24) is 0 Å². The molecule has 0 aliphatic rings. The van der Waals surface area contributed by atoms with Gasteiger partial charge in [0, 0.05) is 13.1 Å². The zero-order chi connectivity index (χ0) is 24.5. The van der Waals surface area contributed by atoms with Gasteiger partial charge in [-0.3, -0.25) is 0 Å². The van der Waals surface area contributed by atoms with Crippen LogP contribution in [0.1, 0.15) is 50.0 Å². The summed E-state index contributed by atoms with van der Waals surface area (Å²) >= 11 is 0. The molecule has 0 aromatic rings. The highest BCUT2D eigenvalue weighted by Crippen LogP contribution is 2.18. The summed E-state index contributed by atoms with van der Waals surface area (Å²) < 4.78 is 22.6. The third-order valence-corrected chi connectivity index (χ3v) is 17.8. The first-order valence-electron chi connectivity index (χ1n) is 10.5. The van der Waals surface area contributed by atoms with Gasteiger partial charge in [-0.25, -0.2) is 0 Å². The highest BCUT2D eigenvalue weighted by molar-refractivity contribution is 6.85. The van der Waals surface area contributed by atoms with Crippen molar-refractivity contribution in [3.8, 4) is 0 Å². The molecular formula is C21H68O6Si6. The Hall–Kier alpha value is 1.06. The van der Waals surface area contributed by atoms with Gasteiger partial charge in [0.2, 0.25) is 0 Å². The van der Waals surface area contributed by atoms with Crippen LogP contribution in [0.2, 0.25) is 91.7 Å². The molecule has 0 spiro atoms. The van der Waals surface area contributed by atoms with Gasteiger partial charge < -0.3 is 26.1 Å². The molecule has 0 atom stereocenters. The average Bonchev–Trinajstić information content (AvgIpc) is 2.13. The molecule has 0 aliphatic heterocycles. The summed E-state index contributed by atoms with van der Waals surface area (Å²) in [5.74, 6) is 0. The average molecular weight is 585 g/mol. The number of rotatable bonds is 8. The minimum absolute atomic E-state index is 0. The molecule has 212 valence electrons. The molecule has 0 radical (unpaired) electrons. The van der Waals surface area contributed by atoms with E-state index in [4.69, 9.17) is 16.5 Å². The molecule has 6 nitrogen and oxygen atoms in total. The van der Waals surface area contributed by atoms with Gasteiger partial charge in [0.1, 0.15) is 0 Å². The fourth-order valence-electron chi connectivity index (χ4n) is 2.31. The molecular weight excluding hydrogens is 517 g/mol. The summed E-state index contributed by atoms with van der Waals surface area (Å²) in [5, 5.41) is 0. The molecule has 0 aromatic heterocycles. The molecule has 0 bridgehead atoms. The van der Waals surface area contributed by atoms with Crippen LogP contribution in [0.25, 0.3) is 0 Å². The van der Waals surface area contributed by atoms with Gasteiger partial charge in [0.15, 0.2) is 33.3 Å². The van der Waals surface area contributed by atoms with Crippen molar-refractivity contribution >= 4 is 50.9 Å². The van der Waals surface area contributed by atoms with Crippen molar-refractivity contribution in [2.75, 3.05) is 0 Å². The maximum absolute atomic E-state index is 9.95. The third kappa shape index (κ3) is 50.8. The lowest BCUT2D eigenvalue weighted by molar-refractivity contribution is 0.253. The van der Waals surface area contributed by atoms with Gasteiger partial charge in [-0.15, -0.1) is 0 Å². The van der Waals surface area contributed by atoms with Crippen molar-refractivity contribution in [1.29, 1.82) is 0 Å². The lowest BCUT2D eigenvalue weighted by Crippen LogP contribution is -2.52. The minimum Gasteiger partial charge on any atom is -0.417 e. The van der Waals surface area contributed by atoms with Crippen molar-refractivity contribution in [3.05, 3.63) is 0 Å². The summed E-state index contributed by atoms with van der Waals surface area (Å²) in [6.07, 6.45) is 1.25. The summed E-state index contributed by atoms with van der Waals surface area (Å²) in [7, 11) is -12.4. The second kappa shape index (κ2) is 19.2. The molecule has 0 saturated heterocycles. The highest BCUT2D eigenvalue weighted by atomic mass is 28.5. The van der Waals surface area contributed by atoms with Gasteiger partial charge in [-0.05, 0) is 78.6 Å². The second-order valence-corrected chi connectivity index (χ2v) is 35.1. The molecule has 0 rings (SSSR count). The number of hydrogen-bond donors (Lipinski definition) is 2. The van der Waals surface area contributed by atoms with Crippen molar-refractivity contribution in [2.24, 2.45) is 0 Å². The molecule has 0 fully saturated rings. The minimum atomic E-state index is -2.85. The van der Waals surface area contributed by atoms with Gasteiger partial charge in [-0.2, -0.15) is 0 Å². The summed E-state index contributed by atoms with van der Waals surface area (Å²) in [5.41, 5.74) is 0. The van der Waals surface area contributed by atoms with Crippen LogP contribution in [0.5, 0.6) is 0 Å². The molecule has 0 unspecified atom stereocenters. The van der Waals surface area contributed by atoms with Crippen molar-refractivity contribution in [3.63, 3.8) is 0 Å². The van der Waals surface area contributed by atoms with E-state index < -0.39 is 50.9 Å². The van der Waals surface area contributed by atoms with E-state index in [1.54, 1.807) is 13.1 Å². The molecule has 0 saturated carbocycles. The van der Waals surface area contributed by atoms with E-state index in [-0.39, 0.29) is 29.7 Å². The van der Waals surface area contributed by atoms with Crippen LogP contribution in [0.15, 0.2) is 0 Å². The zero-order valence-corrected chi connectivity index (χ0v) is 28.2. The predicted molar refractivity (Wildman–Crippen MR) is 168 cm³/mol. The van der Waals surface area contributed by atoms with Crippen LogP contribution in [0.4, 0.5) is 0 Å². The van der Waals surface area contributed by atoms with Gasteiger partial charge in [-0.1, -0.05) is 50.0 Å². The van der Waals surface area contributed by atoms with Crippen LogP contribution in [0, 0.1) is 0 Å². The maximum atomic E-state index is 9.95. The van der Waals surface area contributed by atoms with E-state index in [9.17, 15) is 9.59 Å². The molecule has 33 heavy (non-hydrogen) atoms. The molecule has 0 aliphatic carbocycles. The highest BCUT2D eigenvalue weighted by Gasteiger charge is 2.40. The van der Waals surface area contributed by atoms with E-state index in [1.807, 2.05) is 0 Å². The Morgan fingerprint density at radius 2 is 0.485 bits per heavy atom. The van der Waals surface area contributed by atoms with Crippen LogP contribution in [-0.4, -0.2) is 60.5 Å². The van der Waals surface area contributed by atoms with Crippen molar-refractivity contribution < 1.29 is 26.1 Å². The third-order valence-electron chi connectivity index (χ3n) is 1.98. The first-order chi connectivity index (χ1) is 12.2. The smallest absolute Gasteiger partial charge is 0.417 e. The molecule has 0 aromatic carbocycles. The maximum Gasteiger partial charge on any atom is 0.473 e. The van der Waals surface area contributed by atoms with Crippen LogP contribution in [-0.2, 0) is 16.5 Å². The largest absolute Gasteiger partial charge is 0.473 e. The SMILES string of the molecule is C.C.C.C.CCC.C[Si](C)(C)O[Si](C)(O)O[Si](C)(C)C.C[Si](C)(C)O[Si](C)(O)O[Si](C)(C)C. The molecule has 12 heteroatoms. The Labute approximate surface area is 218 Å². The Balaban J connectivity index is -0.0000000659. The van der Waals surface area contributed by atoms with E-state index >= 15 is 0 Å². The quantitative estimate of drug-likeness (QED) is 0.279. The van der Waals surface area contributed by atoms with Crippen LogP contribution >= 0.6 is 0 Å². The van der Waals surface area contributed by atoms with E-state index in [1.165, 1.54) is 6.42 Å². The topological polar surface area (TPSA) is 77.4 Å². The van der Waals surface area contributed by atoms with Gasteiger partial charge in [0.05, 0.1) is 0 Å². The second-order valence-electron chi connectivity index (χ2n) is 11.4. The normalized spacial score (nSPS) is 12.2. The summed E-state index contributed by atoms with van der Waals surface area (Å²) in [6, 6.07) is 0. The standard InChI is InChI=1S/2C7H22O3Si3.C3H8.4CH4/c2*1-11(2,3)9-13(7,8)10-12(4,5)6;1-3-2;;;;/h2*8H,1-7H3;3H2,1-2H3;4*1H4. The lowest BCUT2D eigenvalue weighted by atomic mass is 10.6.